The molecule has 0 aliphatic carbocycles. The zero-order valence-corrected chi connectivity index (χ0v) is 15.0. The number of aromatic nitrogens is 3. The van der Waals surface area contributed by atoms with Crippen molar-refractivity contribution in [3.05, 3.63) is 44.9 Å². The molecule has 5 nitrogen and oxygen atoms in total. The van der Waals surface area contributed by atoms with Gasteiger partial charge in [0.25, 0.3) is 0 Å². The van der Waals surface area contributed by atoms with Gasteiger partial charge in [-0.25, -0.2) is 0 Å². The molecule has 1 amide bonds. The fourth-order valence-electron chi connectivity index (χ4n) is 2.20. The predicted molar refractivity (Wildman–Crippen MR) is 91.9 cm³/mol. The van der Waals surface area contributed by atoms with Gasteiger partial charge in [-0.05, 0) is 36.7 Å². The summed E-state index contributed by atoms with van der Waals surface area (Å²) in [4.78, 5) is 12.4. The second-order valence-corrected chi connectivity index (χ2v) is 6.36. The van der Waals surface area contributed by atoms with Gasteiger partial charge in [0.05, 0.1) is 6.54 Å². The molecule has 0 aliphatic heterocycles. The molecule has 0 spiro atoms. The van der Waals surface area contributed by atoms with Crippen LogP contribution < -0.4 is 5.32 Å². The van der Waals surface area contributed by atoms with Crippen molar-refractivity contribution in [2.45, 2.75) is 26.3 Å². The highest BCUT2D eigenvalue weighted by atomic mass is 79.9. The average molecular weight is 383 g/mol. The highest BCUT2D eigenvalue weighted by Crippen LogP contribution is 2.21. The molecule has 0 bridgehead atoms. The zero-order valence-electron chi connectivity index (χ0n) is 12.6. The largest absolute Gasteiger partial charge is 0.349 e. The van der Waals surface area contributed by atoms with Crippen LogP contribution in [0.5, 0.6) is 0 Å². The summed E-state index contributed by atoms with van der Waals surface area (Å²) in [6.45, 7) is 2.39. The summed E-state index contributed by atoms with van der Waals surface area (Å²) in [5.41, 5.74) is 1.14. The number of aromatic amines is 1. The van der Waals surface area contributed by atoms with Gasteiger partial charge < -0.3 is 9.88 Å². The molecule has 0 radical (unpaired) electrons. The van der Waals surface area contributed by atoms with Crippen LogP contribution >= 0.6 is 28.1 Å². The maximum Gasteiger partial charge on any atom is 0.223 e. The SMILES string of the molecule is CCC(Cc1ccccc1Br)C(=O)NCc1n[nH]c(=S)n1C. The first-order valence-electron chi connectivity index (χ1n) is 7.14. The molecule has 0 fully saturated rings. The number of nitrogens with zero attached hydrogens (tertiary/aromatic N) is 2. The molecule has 1 atom stereocenters. The molecule has 7 heteroatoms. The Hall–Kier alpha value is -1.47. The molecule has 0 aliphatic rings. The summed E-state index contributed by atoms with van der Waals surface area (Å²) in [7, 11) is 1.83. The molecule has 2 aromatic rings. The third-order valence-corrected chi connectivity index (χ3v) is 4.82. The van der Waals surface area contributed by atoms with E-state index in [1.165, 1.54) is 0 Å². The molecule has 1 aromatic carbocycles. The van der Waals surface area contributed by atoms with Gasteiger partial charge in [0.1, 0.15) is 0 Å². The van der Waals surface area contributed by atoms with Crippen LogP contribution in [0.1, 0.15) is 24.7 Å². The maximum absolute atomic E-state index is 12.4. The summed E-state index contributed by atoms with van der Waals surface area (Å²) in [5.74, 6) is 0.687. The van der Waals surface area contributed by atoms with Gasteiger partial charge in [-0.15, -0.1) is 0 Å². The third kappa shape index (κ3) is 4.04. The number of benzene rings is 1. The summed E-state index contributed by atoms with van der Waals surface area (Å²) >= 11 is 8.59. The Balaban J connectivity index is 1.99. The monoisotopic (exact) mass is 382 g/mol. The molecule has 1 aromatic heterocycles. The minimum absolute atomic E-state index is 0.0344. The molecular weight excluding hydrogens is 364 g/mol. The van der Waals surface area contributed by atoms with Gasteiger partial charge in [0.15, 0.2) is 10.6 Å². The number of rotatable bonds is 6. The summed E-state index contributed by atoms with van der Waals surface area (Å²) in [6.07, 6.45) is 1.49. The van der Waals surface area contributed by atoms with Crippen molar-refractivity contribution in [3.63, 3.8) is 0 Å². The molecule has 1 heterocycles. The van der Waals surface area contributed by atoms with Crippen LogP contribution in [0.4, 0.5) is 0 Å². The molecule has 22 heavy (non-hydrogen) atoms. The van der Waals surface area contributed by atoms with Crippen molar-refractivity contribution in [2.75, 3.05) is 0 Å². The smallest absolute Gasteiger partial charge is 0.223 e. The number of H-pyrrole nitrogens is 1. The Bertz CT molecular complexity index is 710. The van der Waals surface area contributed by atoms with Crippen molar-refractivity contribution in [1.29, 1.82) is 0 Å². The fourth-order valence-corrected chi connectivity index (χ4v) is 2.80. The Kier molecular flexibility index (Phi) is 5.90. The van der Waals surface area contributed by atoms with Crippen LogP contribution in [-0.2, 0) is 24.8 Å². The van der Waals surface area contributed by atoms with Gasteiger partial charge in [-0.2, -0.15) is 5.10 Å². The van der Waals surface area contributed by atoms with Crippen LogP contribution in [0.2, 0.25) is 0 Å². The van der Waals surface area contributed by atoms with Crippen LogP contribution in [0, 0.1) is 10.7 Å². The van der Waals surface area contributed by atoms with Gasteiger partial charge >= 0.3 is 0 Å². The molecular formula is C15H19BrN4OS. The molecule has 2 N–H and O–H groups in total. The molecule has 2 rings (SSSR count). The van der Waals surface area contributed by atoms with Crippen LogP contribution in [-0.4, -0.2) is 20.7 Å². The van der Waals surface area contributed by atoms with Crippen LogP contribution in [0.15, 0.2) is 28.7 Å². The summed E-state index contributed by atoms with van der Waals surface area (Å²) < 4.78 is 3.34. The normalized spacial score (nSPS) is 12.1. The third-order valence-electron chi connectivity index (χ3n) is 3.68. The van der Waals surface area contributed by atoms with E-state index < -0.39 is 0 Å². The lowest BCUT2D eigenvalue weighted by Gasteiger charge is -2.15. The number of hydrogen-bond donors (Lipinski definition) is 2. The van der Waals surface area contributed by atoms with E-state index in [9.17, 15) is 4.79 Å². The number of nitrogens with one attached hydrogen (secondary N) is 2. The number of carbonyl (C=O) groups is 1. The van der Waals surface area contributed by atoms with E-state index >= 15 is 0 Å². The van der Waals surface area contributed by atoms with E-state index in [0.717, 1.165) is 16.5 Å². The molecule has 1 unspecified atom stereocenters. The van der Waals surface area contributed by atoms with Crippen molar-refractivity contribution < 1.29 is 4.79 Å². The lowest BCUT2D eigenvalue weighted by molar-refractivity contribution is -0.125. The lowest BCUT2D eigenvalue weighted by Crippen LogP contribution is -2.32. The molecule has 0 saturated heterocycles. The zero-order chi connectivity index (χ0) is 16.1. The Morgan fingerprint density at radius 2 is 2.23 bits per heavy atom. The van der Waals surface area contributed by atoms with Crippen molar-refractivity contribution in [1.82, 2.24) is 20.1 Å². The first-order chi connectivity index (χ1) is 10.5. The second-order valence-electron chi connectivity index (χ2n) is 5.12. The van der Waals surface area contributed by atoms with Crippen LogP contribution in [0.25, 0.3) is 0 Å². The van der Waals surface area contributed by atoms with Crippen LogP contribution in [0.3, 0.4) is 0 Å². The highest BCUT2D eigenvalue weighted by molar-refractivity contribution is 9.10. The van der Waals surface area contributed by atoms with Gasteiger partial charge in [0.2, 0.25) is 5.91 Å². The minimum atomic E-state index is -0.0640. The van der Waals surface area contributed by atoms with E-state index in [-0.39, 0.29) is 11.8 Å². The van der Waals surface area contributed by atoms with E-state index in [4.69, 9.17) is 12.2 Å². The van der Waals surface area contributed by atoms with Crippen molar-refractivity contribution >= 4 is 34.1 Å². The summed E-state index contributed by atoms with van der Waals surface area (Å²) in [6, 6.07) is 7.99. The Morgan fingerprint density at radius 3 is 2.82 bits per heavy atom. The van der Waals surface area contributed by atoms with E-state index in [0.29, 0.717) is 23.6 Å². The predicted octanol–water partition coefficient (Wildman–Crippen LogP) is 3.13. The van der Waals surface area contributed by atoms with Gasteiger partial charge in [-0.1, -0.05) is 41.1 Å². The quantitative estimate of drug-likeness (QED) is 0.754. The first-order valence-corrected chi connectivity index (χ1v) is 8.34. The summed E-state index contributed by atoms with van der Waals surface area (Å²) in [5, 5.41) is 9.74. The Morgan fingerprint density at radius 1 is 1.50 bits per heavy atom. The van der Waals surface area contributed by atoms with E-state index in [1.807, 2.05) is 38.2 Å². The van der Waals surface area contributed by atoms with Gasteiger partial charge in [-0.3, -0.25) is 9.89 Å². The Labute approximate surface area is 143 Å². The average Bonchev–Trinajstić information content (AvgIpc) is 2.83. The maximum atomic E-state index is 12.4. The number of amides is 1. The first kappa shape index (κ1) is 16.9. The lowest BCUT2D eigenvalue weighted by atomic mass is 9.96. The topological polar surface area (TPSA) is 62.7 Å². The molecule has 118 valence electrons. The van der Waals surface area contributed by atoms with E-state index in [1.54, 1.807) is 4.57 Å². The number of hydrogen-bond acceptors (Lipinski definition) is 3. The fraction of sp³-hybridized carbons (Fsp3) is 0.400. The van der Waals surface area contributed by atoms with Crippen molar-refractivity contribution in [3.8, 4) is 0 Å². The minimum Gasteiger partial charge on any atom is -0.349 e. The van der Waals surface area contributed by atoms with Crippen molar-refractivity contribution in [2.24, 2.45) is 13.0 Å². The number of halogens is 1. The highest BCUT2D eigenvalue weighted by Gasteiger charge is 2.18. The second kappa shape index (κ2) is 7.69. The molecule has 0 saturated carbocycles. The van der Waals surface area contributed by atoms with E-state index in [2.05, 4.69) is 31.4 Å². The number of carbonyl (C=O) groups excluding carboxylic acids is 1. The van der Waals surface area contributed by atoms with Gasteiger partial charge in [0, 0.05) is 17.4 Å². The standard InChI is InChI=1S/C15H19BrN4OS/c1-3-10(8-11-6-4-5-7-12(11)16)14(21)17-9-13-18-19-15(22)20(13)2/h4-7,10H,3,8-9H2,1-2H3,(H,17,21)(H,19,22).